The number of piperazine rings is 1. The van der Waals surface area contributed by atoms with E-state index in [1.807, 2.05) is 36.1 Å². The Kier molecular flexibility index (Phi) is 4.27. The molecule has 0 bridgehead atoms. The van der Waals surface area contributed by atoms with E-state index in [4.69, 9.17) is 4.42 Å². The molecule has 0 radical (unpaired) electrons. The number of rotatable bonds is 3. The molecule has 3 heterocycles. The number of carbonyl (C=O) groups excluding carboxylic acids is 1. The third kappa shape index (κ3) is 3.21. The molecular weight excluding hydrogens is 280 g/mol. The molecular formula is C16H20N4O2. The molecule has 0 aromatic carbocycles. The van der Waals surface area contributed by atoms with Gasteiger partial charge in [0.1, 0.15) is 5.76 Å². The summed E-state index contributed by atoms with van der Waals surface area (Å²) in [7, 11) is 0. The van der Waals surface area contributed by atoms with Crippen LogP contribution in [0.15, 0.2) is 47.3 Å². The van der Waals surface area contributed by atoms with Crippen molar-refractivity contribution in [1.82, 2.24) is 15.2 Å². The number of nitrogens with one attached hydrogen (secondary N) is 1. The van der Waals surface area contributed by atoms with Crippen molar-refractivity contribution >= 4 is 11.7 Å². The molecule has 6 nitrogen and oxygen atoms in total. The Hall–Kier alpha value is -2.50. The normalized spacial score (nSPS) is 16.4. The molecule has 1 unspecified atom stereocenters. The zero-order chi connectivity index (χ0) is 15.4. The van der Waals surface area contributed by atoms with Gasteiger partial charge in [0.25, 0.3) is 0 Å². The zero-order valence-corrected chi connectivity index (χ0v) is 12.6. The minimum Gasteiger partial charge on any atom is -0.467 e. The molecule has 1 aliphatic rings. The van der Waals surface area contributed by atoms with Gasteiger partial charge in [-0.1, -0.05) is 0 Å². The monoisotopic (exact) mass is 300 g/mol. The molecule has 2 aromatic heterocycles. The standard InChI is InChI=1S/C16H20N4O2/c1-13(15-3-2-12-22-15)18-16(21)20-10-8-19(9-11-20)14-4-6-17-7-5-14/h2-7,12-13H,8-11H2,1H3,(H,18,21). The maximum absolute atomic E-state index is 12.3. The average Bonchev–Trinajstić information content (AvgIpc) is 3.10. The van der Waals surface area contributed by atoms with E-state index in [2.05, 4.69) is 15.2 Å². The lowest BCUT2D eigenvalue weighted by atomic mass is 10.2. The van der Waals surface area contributed by atoms with Crippen LogP contribution in [0.2, 0.25) is 0 Å². The minimum atomic E-state index is -0.124. The second kappa shape index (κ2) is 6.51. The number of anilines is 1. The first-order chi connectivity index (χ1) is 10.7. The van der Waals surface area contributed by atoms with E-state index in [0.717, 1.165) is 24.5 Å². The van der Waals surface area contributed by atoms with Crippen LogP contribution in [0, 0.1) is 0 Å². The molecule has 0 spiro atoms. The molecule has 1 saturated heterocycles. The van der Waals surface area contributed by atoms with Gasteiger partial charge in [-0.3, -0.25) is 4.98 Å². The van der Waals surface area contributed by atoms with Crippen molar-refractivity contribution in [2.75, 3.05) is 31.1 Å². The number of amides is 2. The topological polar surface area (TPSA) is 61.6 Å². The summed E-state index contributed by atoms with van der Waals surface area (Å²) in [6.07, 6.45) is 5.20. The van der Waals surface area contributed by atoms with Crippen molar-refractivity contribution in [3.8, 4) is 0 Å². The predicted molar refractivity (Wildman–Crippen MR) is 83.7 cm³/mol. The molecule has 0 saturated carbocycles. The van der Waals surface area contributed by atoms with Gasteiger partial charge in [-0.15, -0.1) is 0 Å². The van der Waals surface area contributed by atoms with Gasteiger partial charge in [-0.25, -0.2) is 4.79 Å². The molecule has 3 rings (SSSR count). The van der Waals surface area contributed by atoms with Gasteiger partial charge in [-0.2, -0.15) is 0 Å². The number of nitrogens with zero attached hydrogens (tertiary/aromatic N) is 3. The van der Waals surface area contributed by atoms with E-state index in [9.17, 15) is 4.79 Å². The maximum Gasteiger partial charge on any atom is 0.318 e. The number of urea groups is 1. The smallest absolute Gasteiger partial charge is 0.318 e. The molecule has 1 N–H and O–H groups in total. The summed E-state index contributed by atoms with van der Waals surface area (Å²) in [4.78, 5) is 20.4. The molecule has 2 amide bonds. The summed E-state index contributed by atoms with van der Waals surface area (Å²) in [6, 6.07) is 7.51. The molecule has 1 fully saturated rings. The number of furan rings is 1. The van der Waals surface area contributed by atoms with Crippen LogP contribution in [-0.2, 0) is 0 Å². The highest BCUT2D eigenvalue weighted by Gasteiger charge is 2.23. The van der Waals surface area contributed by atoms with Crippen molar-refractivity contribution in [3.63, 3.8) is 0 Å². The summed E-state index contributed by atoms with van der Waals surface area (Å²) in [5.41, 5.74) is 1.15. The number of aromatic nitrogens is 1. The van der Waals surface area contributed by atoms with E-state index < -0.39 is 0 Å². The van der Waals surface area contributed by atoms with Gasteiger partial charge in [0.15, 0.2) is 0 Å². The quantitative estimate of drug-likeness (QED) is 0.944. The fourth-order valence-electron chi connectivity index (χ4n) is 2.61. The summed E-state index contributed by atoms with van der Waals surface area (Å²) >= 11 is 0. The Morgan fingerprint density at radius 3 is 2.59 bits per heavy atom. The molecule has 6 heteroatoms. The summed E-state index contributed by atoms with van der Waals surface area (Å²) in [5.74, 6) is 0.767. The van der Waals surface area contributed by atoms with E-state index >= 15 is 0 Å². The van der Waals surface area contributed by atoms with E-state index in [0.29, 0.717) is 13.1 Å². The first-order valence-corrected chi connectivity index (χ1v) is 7.48. The zero-order valence-electron chi connectivity index (χ0n) is 12.6. The predicted octanol–water partition coefficient (Wildman–Crippen LogP) is 2.27. The van der Waals surface area contributed by atoms with Gasteiger partial charge >= 0.3 is 6.03 Å². The SMILES string of the molecule is CC(NC(=O)N1CCN(c2ccncc2)CC1)c1ccco1. The molecule has 1 atom stereocenters. The van der Waals surface area contributed by atoms with Gasteiger partial charge < -0.3 is 19.5 Å². The molecule has 22 heavy (non-hydrogen) atoms. The Labute approximate surface area is 129 Å². The number of hydrogen-bond donors (Lipinski definition) is 1. The van der Waals surface area contributed by atoms with E-state index in [1.165, 1.54) is 0 Å². The third-order valence-corrected chi connectivity index (χ3v) is 3.90. The number of carbonyl (C=O) groups is 1. The Morgan fingerprint density at radius 2 is 1.95 bits per heavy atom. The third-order valence-electron chi connectivity index (χ3n) is 3.90. The van der Waals surface area contributed by atoms with Crippen LogP contribution in [0.4, 0.5) is 10.5 Å². The first kappa shape index (κ1) is 14.4. The highest BCUT2D eigenvalue weighted by Crippen LogP contribution is 2.16. The lowest BCUT2D eigenvalue weighted by Crippen LogP contribution is -2.52. The van der Waals surface area contributed by atoms with Crippen molar-refractivity contribution in [2.24, 2.45) is 0 Å². The largest absolute Gasteiger partial charge is 0.467 e. The van der Waals surface area contributed by atoms with Crippen LogP contribution in [0.5, 0.6) is 0 Å². The number of pyridine rings is 1. The summed E-state index contributed by atoms with van der Waals surface area (Å²) in [5, 5.41) is 2.97. The Balaban J connectivity index is 1.52. The van der Waals surface area contributed by atoms with Crippen molar-refractivity contribution in [1.29, 1.82) is 0 Å². The fourth-order valence-corrected chi connectivity index (χ4v) is 2.61. The highest BCUT2D eigenvalue weighted by atomic mass is 16.3. The fraction of sp³-hybridized carbons (Fsp3) is 0.375. The second-order valence-corrected chi connectivity index (χ2v) is 5.37. The van der Waals surface area contributed by atoms with Crippen molar-refractivity contribution in [2.45, 2.75) is 13.0 Å². The summed E-state index contributed by atoms with van der Waals surface area (Å²) < 4.78 is 5.31. The van der Waals surface area contributed by atoms with Gasteiger partial charge in [-0.05, 0) is 31.2 Å². The number of hydrogen-bond acceptors (Lipinski definition) is 4. The molecule has 2 aromatic rings. The molecule has 116 valence electrons. The van der Waals surface area contributed by atoms with Crippen LogP contribution >= 0.6 is 0 Å². The van der Waals surface area contributed by atoms with Crippen LogP contribution < -0.4 is 10.2 Å². The van der Waals surface area contributed by atoms with Crippen LogP contribution in [0.25, 0.3) is 0 Å². The Bertz CT molecular complexity index is 592. The van der Waals surface area contributed by atoms with Crippen LogP contribution in [0.3, 0.4) is 0 Å². The Morgan fingerprint density at radius 1 is 1.23 bits per heavy atom. The maximum atomic E-state index is 12.3. The van der Waals surface area contributed by atoms with Crippen molar-refractivity contribution < 1.29 is 9.21 Å². The minimum absolute atomic E-state index is 0.0433. The van der Waals surface area contributed by atoms with Gasteiger partial charge in [0, 0.05) is 44.3 Å². The van der Waals surface area contributed by atoms with Crippen LogP contribution in [-0.4, -0.2) is 42.1 Å². The van der Waals surface area contributed by atoms with Gasteiger partial charge in [0.05, 0.1) is 12.3 Å². The average molecular weight is 300 g/mol. The van der Waals surface area contributed by atoms with Gasteiger partial charge in [0.2, 0.25) is 0 Å². The lowest BCUT2D eigenvalue weighted by Gasteiger charge is -2.36. The molecule has 1 aliphatic heterocycles. The van der Waals surface area contributed by atoms with Crippen molar-refractivity contribution in [3.05, 3.63) is 48.7 Å². The van der Waals surface area contributed by atoms with E-state index in [-0.39, 0.29) is 12.1 Å². The van der Waals surface area contributed by atoms with E-state index in [1.54, 1.807) is 18.7 Å². The lowest BCUT2D eigenvalue weighted by molar-refractivity contribution is 0.189. The summed E-state index contributed by atoms with van der Waals surface area (Å²) in [6.45, 7) is 4.99. The second-order valence-electron chi connectivity index (χ2n) is 5.37. The highest BCUT2D eigenvalue weighted by molar-refractivity contribution is 5.75. The molecule has 0 aliphatic carbocycles. The first-order valence-electron chi connectivity index (χ1n) is 7.48. The van der Waals surface area contributed by atoms with Crippen LogP contribution in [0.1, 0.15) is 18.7 Å².